The first-order valence-electron chi connectivity index (χ1n) is 6.92. The molecule has 120 valence electrons. The fourth-order valence-corrected chi connectivity index (χ4v) is 2.97. The minimum atomic E-state index is -3.78. The second-order valence-corrected chi connectivity index (χ2v) is 7.37. The van der Waals surface area contributed by atoms with Crippen LogP contribution in [-0.4, -0.2) is 43.8 Å². The van der Waals surface area contributed by atoms with Gasteiger partial charge in [-0.2, -0.15) is 5.10 Å². The highest BCUT2D eigenvalue weighted by molar-refractivity contribution is 7.90. The number of benzene rings is 1. The molecule has 8 heteroatoms. The molecule has 1 aliphatic heterocycles. The Bertz CT molecular complexity index is 693. The van der Waals surface area contributed by atoms with Gasteiger partial charge in [0.15, 0.2) is 0 Å². The van der Waals surface area contributed by atoms with E-state index in [-0.39, 0.29) is 22.0 Å². The van der Waals surface area contributed by atoms with E-state index in [2.05, 4.69) is 14.8 Å². The Hall–Kier alpha value is -2.09. The SMILES string of the molecule is CCN=C(NS(=O)(=O)c1ccc(O)cc1)N1CC(C)(C)C=N1. The number of rotatable bonds is 3. The summed E-state index contributed by atoms with van der Waals surface area (Å²) < 4.78 is 27.3. The number of guanidine groups is 1. The lowest BCUT2D eigenvalue weighted by molar-refractivity contribution is 0.379. The summed E-state index contributed by atoms with van der Waals surface area (Å²) in [6.45, 7) is 6.81. The highest BCUT2D eigenvalue weighted by Gasteiger charge is 2.29. The van der Waals surface area contributed by atoms with Gasteiger partial charge in [0.2, 0.25) is 5.96 Å². The smallest absolute Gasteiger partial charge is 0.264 e. The highest BCUT2D eigenvalue weighted by Crippen LogP contribution is 2.21. The van der Waals surface area contributed by atoms with Crippen molar-refractivity contribution >= 4 is 22.2 Å². The van der Waals surface area contributed by atoms with Crippen molar-refractivity contribution in [2.24, 2.45) is 15.5 Å². The van der Waals surface area contributed by atoms with Crippen LogP contribution >= 0.6 is 0 Å². The van der Waals surface area contributed by atoms with Gasteiger partial charge in [0, 0.05) is 18.2 Å². The highest BCUT2D eigenvalue weighted by atomic mass is 32.2. The molecule has 0 saturated heterocycles. The quantitative estimate of drug-likeness (QED) is 0.648. The summed E-state index contributed by atoms with van der Waals surface area (Å²) >= 11 is 0. The van der Waals surface area contributed by atoms with Gasteiger partial charge in [0.05, 0.1) is 11.4 Å². The van der Waals surface area contributed by atoms with Gasteiger partial charge < -0.3 is 5.11 Å². The van der Waals surface area contributed by atoms with Crippen molar-refractivity contribution in [1.29, 1.82) is 0 Å². The van der Waals surface area contributed by atoms with Gasteiger partial charge in [0.1, 0.15) is 5.75 Å². The van der Waals surface area contributed by atoms with E-state index < -0.39 is 10.0 Å². The number of aromatic hydroxyl groups is 1. The molecule has 0 saturated carbocycles. The van der Waals surface area contributed by atoms with Gasteiger partial charge in [-0.05, 0) is 31.2 Å². The van der Waals surface area contributed by atoms with E-state index in [1.807, 2.05) is 20.8 Å². The average molecular weight is 324 g/mol. The summed E-state index contributed by atoms with van der Waals surface area (Å²) in [6, 6.07) is 5.31. The number of phenols is 1. The lowest BCUT2D eigenvalue weighted by Gasteiger charge is -2.21. The Labute approximate surface area is 130 Å². The Morgan fingerprint density at radius 2 is 2.05 bits per heavy atom. The molecule has 0 unspecified atom stereocenters. The molecule has 1 aliphatic rings. The molecule has 0 aliphatic carbocycles. The normalized spacial score (nSPS) is 17.8. The molecule has 1 aromatic carbocycles. The van der Waals surface area contributed by atoms with Crippen LogP contribution in [0.5, 0.6) is 5.75 Å². The third kappa shape index (κ3) is 3.76. The van der Waals surface area contributed by atoms with Crippen molar-refractivity contribution in [3.8, 4) is 5.75 Å². The zero-order valence-corrected chi connectivity index (χ0v) is 13.6. The number of nitrogens with one attached hydrogen (secondary N) is 1. The average Bonchev–Trinajstić information content (AvgIpc) is 2.79. The Kier molecular flexibility index (Phi) is 4.41. The van der Waals surface area contributed by atoms with E-state index in [1.165, 1.54) is 24.3 Å². The van der Waals surface area contributed by atoms with E-state index in [1.54, 1.807) is 11.2 Å². The maximum absolute atomic E-state index is 12.4. The predicted octanol–water partition coefficient (Wildman–Crippen LogP) is 1.37. The van der Waals surface area contributed by atoms with Crippen molar-refractivity contribution in [2.45, 2.75) is 25.7 Å². The maximum atomic E-state index is 12.4. The molecular formula is C14H20N4O3S. The molecule has 0 fully saturated rings. The monoisotopic (exact) mass is 324 g/mol. The number of nitrogens with zero attached hydrogens (tertiary/aromatic N) is 3. The number of sulfonamides is 1. The van der Waals surface area contributed by atoms with E-state index >= 15 is 0 Å². The van der Waals surface area contributed by atoms with Gasteiger partial charge in [0.25, 0.3) is 10.0 Å². The van der Waals surface area contributed by atoms with Crippen LogP contribution in [0.3, 0.4) is 0 Å². The molecule has 7 nitrogen and oxygen atoms in total. The van der Waals surface area contributed by atoms with Crippen LogP contribution in [0.2, 0.25) is 0 Å². The first-order chi connectivity index (χ1) is 10.2. The zero-order chi connectivity index (χ0) is 16.4. The molecule has 0 spiro atoms. The second-order valence-electron chi connectivity index (χ2n) is 5.69. The lowest BCUT2D eigenvalue weighted by Crippen LogP contribution is -2.42. The number of aliphatic imine (C=N–C) groups is 1. The number of hydrogen-bond acceptors (Lipinski definition) is 5. The van der Waals surface area contributed by atoms with E-state index in [9.17, 15) is 13.5 Å². The van der Waals surface area contributed by atoms with Crippen molar-refractivity contribution in [3.05, 3.63) is 24.3 Å². The van der Waals surface area contributed by atoms with Crippen molar-refractivity contribution < 1.29 is 13.5 Å². The third-order valence-corrected chi connectivity index (χ3v) is 4.37. The predicted molar refractivity (Wildman–Crippen MR) is 85.4 cm³/mol. The molecule has 1 heterocycles. The lowest BCUT2D eigenvalue weighted by atomic mass is 9.97. The van der Waals surface area contributed by atoms with E-state index in [0.29, 0.717) is 13.1 Å². The zero-order valence-electron chi connectivity index (χ0n) is 12.8. The molecule has 0 radical (unpaired) electrons. The van der Waals surface area contributed by atoms with Crippen LogP contribution in [0, 0.1) is 5.41 Å². The van der Waals surface area contributed by atoms with Gasteiger partial charge in [-0.25, -0.2) is 18.1 Å². The Balaban J connectivity index is 2.23. The summed E-state index contributed by atoms with van der Waals surface area (Å²) in [6.07, 6.45) is 1.77. The summed E-state index contributed by atoms with van der Waals surface area (Å²) in [5, 5.41) is 15.0. The number of hydrazone groups is 1. The molecule has 0 aromatic heterocycles. The molecule has 22 heavy (non-hydrogen) atoms. The second kappa shape index (κ2) is 5.96. The van der Waals surface area contributed by atoms with Gasteiger partial charge in [-0.15, -0.1) is 0 Å². The topological polar surface area (TPSA) is 94.4 Å². The van der Waals surface area contributed by atoms with Gasteiger partial charge >= 0.3 is 0 Å². The fraction of sp³-hybridized carbons (Fsp3) is 0.429. The number of hydrogen-bond donors (Lipinski definition) is 2. The maximum Gasteiger partial charge on any atom is 0.264 e. The molecule has 2 rings (SSSR count). The third-order valence-electron chi connectivity index (χ3n) is 3.03. The molecule has 0 atom stereocenters. The molecule has 2 N–H and O–H groups in total. The molecule has 0 bridgehead atoms. The molecular weight excluding hydrogens is 304 g/mol. The Morgan fingerprint density at radius 1 is 1.41 bits per heavy atom. The van der Waals surface area contributed by atoms with E-state index in [4.69, 9.17) is 0 Å². The summed E-state index contributed by atoms with van der Waals surface area (Å²) in [4.78, 5) is 4.24. The van der Waals surface area contributed by atoms with E-state index in [0.717, 1.165) is 0 Å². The fourth-order valence-electron chi connectivity index (χ4n) is 1.94. The minimum absolute atomic E-state index is 0.00675. The van der Waals surface area contributed by atoms with Crippen LogP contribution < -0.4 is 4.72 Å². The van der Waals surface area contributed by atoms with Crippen LogP contribution in [0.25, 0.3) is 0 Å². The summed E-state index contributed by atoms with van der Waals surface area (Å²) in [5.41, 5.74) is -0.140. The Morgan fingerprint density at radius 3 is 2.55 bits per heavy atom. The minimum Gasteiger partial charge on any atom is -0.508 e. The summed E-state index contributed by atoms with van der Waals surface area (Å²) in [7, 11) is -3.78. The van der Waals surface area contributed by atoms with Crippen molar-refractivity contribution in [3.63, 3.8) is 0 Å². The molecule has 0 amide bonds. The van der Waals surface area contributed by atoms with Crippen LogP contribution in [0.1, 0.15) is 20.8 Å². The number of phenolic OH excluding ortho intramolecular Hbond substituents is 1. The van der Waals surface area contributed by atoms with Gasteiger partial charge in [-0.1, -0.05) is 13.8 Å². The largest absolute Gasteiger partial charge is 0.508 e. The van der Waals surface area contributed by atoms with Crippen LogP contribution in [0.15, 0.2) is 39.3 Å². The standard InChI is InChI=1S/C14H20N4O3S/c1-4-15-13(18-10-14(2,3)9-16-18)17-22(20,21)12-7-5-11(19)6-8-12/h5-9,19H,4,10H2,1-3H3,(H,15,17). The van der Waals surface area contributed by atoms with Crippen molar-refractivity contribution in [1.82, 2.24) is 9.73 Å². The summed E-state index contributed by atoms with van der Waals surface area (Å²) in [5.74, 6) is 0.199. The van der Waals surface area contributed by atoms with Crippen LogP contribution in [-0.2, 0) is 10.0 Å². The first kappa shape index (κ1) is 16.3. The first-order valence-corrected chi connectivity index (χ1v) is 8.41. The van der Waals surface area contributed by atoms with Gasteiger partial charge in [-0.3, -0.25) is 4.99 Å². The molecule has 1 aromatic rings. The van der Waals surface area contributed by atoms with Crippen molar-refractivity contribution in [2.75, 3.05) is 13.1 Å². The van der Waals surface area contributed by atoms with Crippen LogP contribution in [0.4, 0.5) is 0 Å².